The maximum Gasteiger partial charge on any atom is 0.219 e. The fourth-order valence-electron chi connectivity index (χ4n) is 3.16. The van der Waals surface area contributed by atoms with Crippen LogP contribution in [-0.2, 0) is 14.6 Å². The van der Waals surface area contributed by atoms with Crippen LogP contribution in [0.25, 0.3) is 0 Å². The Bertz CT molecular complexity index is 729. The van der Waals surface area contributed by atoms with Gasteiger partial charge in [-0.1, -0.05) is 0 Å². The maximum atomic E-state index is 11.6. The Hall–Kier alpha value is -1.90. The Morgan fingerprint density at radius 1 is 1.25 bits per heavy atom. The SMILES string of the molecule is CC(=O)N1CCN(c2cc(NC3CCS(=O)(=O)C3)nc(C)n2)CC1. The van der Waals surface area contributed by atoms with Crippen LogP contribution in [0, 0.1) is 6.92 Å². The zero-order valence-corrected chi connectivity index (χ0v) is 14.8. The van der Waals surface area contributed by atoms with E-state index in [1.807, 2.05) is 17.9 Å². The lowest BCUT2D eigenvalue weighted by Crippen LogP contribution is -2.48. The molecular formula is C15H23N5O3S. The van der Waals surface area contributed by atoms with Crippen molar-refractivity contribution in [2.75, 3.05) is 47.9 Å². The van der Waals surface area contributed by atoms with Gasteiger partial charge in [-0.25, -0.2) is 18.4 Å². The van der Waals surface area contributed by atoms with E-state index in [0.29, 0.717) is 31.2 Å². The summed E-state index contributed by atoms with van der Waals surface area (Å²) in [6, 6.07) is 1.77. The molecule has 132 valence electrons. The molecule has 1 amide bonds. The standard InChI is InChI=1S/C15H23N5O3S/c1-11-16-14(18-13-3-8-24(22,23)10-13)9-15(17-11)20-6-4-19(5-7-20)12(2)21/h9,13H,3-8,10H2,1-2H3,(H,16,17,18). The molecule has 0 aromatic carbocycles. The summed E-state index contributed by atoms with van der Waals surface area (Å²) < 4.78 is 23.2. The summed E-state index contributed by atoms with van der Waals surface area (Å²) in [6.07, 6.45) is 0.609. The molecule has 9 heteroatoms. The van der Waals surface area contributed by atoms with Gasteiger partial charge in [-0.3, -0.25) is 4.79 Å². The summed E-state index contributed by atoms with van der Waals surface area (Å²) in [4.78, 5) is 24.2. The number of nitrogens with one attached hydrogen (secondary N) is 1. The van der Waals surface area contributed by atoms with Crippen molar-refractivity contribution < 1.29 is 13.2 Å². The summed E-state index contributed by atoms with van der Waals surface area (Å²) in [7, 11) is -2.92. The fourth-order valence-corrected chi connectivity index (χ4v) is 4.83. The molecule has 1 N–H and O–H groups in total. The molecule has 2 saturated heterocycles. The van der Waals surface area contributed by atoms with Crippen molar-refractivity contribution in [3.05, 3.63) is 11.9 Å². The average molecular weight is 353 g/mol. The van der Waals surface area contributed by atoms with Gasteiger partial charge in [0, 0.05) is 45.2 Å². The lowest BCUT2D eigenvalue weighted by atomic mass is 10.2. The average Bonchev–Trinajstić information content (AvgIpc) is 2.85. The van der Waals surface area contributed by atoms with Crippen LogP contribution in [0.5, 0.6) is 0 Å². The monoisotopic (exact) mass is 353 g/mol. The molecule has 3 heterocycles. The highest BCUT2D eigenvalue weighted by atomic mass is 32.2. The van der Waals surface area contributed by atoms with Gasteiger partial charge in [0.15, 0.2) is 9.84 Å². The van der Waals surface area contributed by atoms with Crippen molar-refractivity contribution in [2.45, 2.75) is 26.3 Å². The number of carbonyl (C=O) groups excluding carboxylic acids is 1. The highest BCUT2D eigenvalue weighted by molar-refractivity contribution is 7.91. The number of amides is 1. The molecule has 2 aliphatic heterocycles. The second kappa shape index (κ2) is 6.54. The van der Waals surface area contributed by atoms with Crippen molar-refractivity contribution in [2.24, 2.45) is 0 Å². The van der Waals surface area contributed by atoms with Gasteiger partial charge >= 0.3 is 0 Å². The van der Waals surface area contributed by atoms with E-state index in [9.17, 15) is 13.2 Å². The summed E-state index contributed by atoms with van der Waals surface area (Å²) in [5, 5.41) is 3.22. The van der Waals surface area contributed by atoms with Gasteiger partial charge in [-0.05, 0) is 13.3 Å². The van der Waals surface area contributed by atoms with E-state index in [-0.39, 0.29) is 23.5 Å². The lowest BCUT2D eigenvalue weighted by Gasteiger charge is -2.35. The first kappa shape index (κ1) is 16.9. The van der Waals surface area contributed by atoms with Gasteiger partial charge in [0.2, 0.25) is 5.91 Å². The Morgan fingerprint density at radius 2 is 1.96 bits per heavy atom. The molecule has 24 heavy (non-hydrogen) atoms. The van der Waals surface area contributed by atoms with Crippen molar-refractivity contribution in [3.8, 4) is 0 Å². The molecule has 0 saturated carbocycles. The summed E-state index contributed by atoms with van der Waals surface area (Å²) >= 11 is 0. The predicted molar refractivity (Wildman–Crippen MR) is 91.9 cm³/mol. The normalized spacial score (nSPS) is 23.3. The number of carbonyl (C=O) groups is 1. The lowest BCUT2D eigenvalue weighted by molar-refractivity contribution is -0.129. The Balaban J connectivity index is 1.69. The minimum Gasteiger partial charge on any atom is -0.366 e. The van der Waals surface area contributed by atoms with Crippen molar-refractivity contribution in [1.29, 1.82) is 0 Å². The van der Waals surface area contributed by atoms with Crippen LogP contribution in [0.1, 0.15) is 19.2 Å². The Kier molecular flexibility index (Phi) is 4.62. The number of sulfone groups is 1. The molecule has 0 radical (unpaired) electrons. The van der Waals surface area contributed by atoms with Crippen LogP contribution in [0.2, 0.25) is 0 Å². The van der Waals surface area contributed by atoms with E-state index in [4.69, 9.17) is 0 Å². The molecule has 8 nitrogen and oxygen atoms in total. The highest BCUT2D eigenvalue weighted by Gasteiger charge is 2.28. The molecule has 2 fully saturated rings. The van der Waals surface area contributed by atoms with Gasteiger partial charge in [0.25, 0.3) is 0 Å². The maximum absolute atomic E-state index is 11.6. The van der Waals surface area contributed by atoms with Crippen LogP contribution in [0.15, 0.2) is 6.07 Å². The number of aromatic nitrogens is 2. The third kappa shape index (κ3) is 3.95. The molecule has 1 aromatic rings. The molecule has 3 rings (SSSR count). The number of hydrogen-bond donors (Lipinski definition) is 1. The van der Waals surface area contributed by atoms with Crippen LogP contribution in [0.3, 0.4) is 0 Å². The van der Waals surface area contributed by atoms with Gasteiger partial charge in [0.05, 0.1) is 11.5 Å². The van der Waals surface area contributed by atoms with Crippen LogP contribution in [0.4, 0.5) is 11.6 Å². The number of anilines is 2. The van der Waals surface area contributed by atoms with Crippen molar-refractivity contribution >= 4 is 27.4 Å². The van der Waals surface area contributed by atoms with Gasteiger partial charge in [-0.2, -0.15) is 0 Å². The summed E-state index contributed by atoms with van der Waals surface area (Å²) in [5.74, 6) is 2.60. The van der Waals surface area contributed by atoms with Gasteiger partial charge in [0.1, 0.15) is 17.5 Å². The van der Waals surface area contributed by atoms with E-state index in [1.54, 1.807) is 6.92 Å². The third-order valence-electron chi connectivity index (χ3n) is 4.46. The number of piperazine rings is 1. The molecule has 0 aliphatic carbocycles. The Labute approximate surface area is 142 Å². The van der Waals surface area contributed by atoms with E-state index in [1.165, 1.54) is 0 Å². The third-order valence-corrected chi connectivity index (χ3v) is 6.23. The fraction of sp³-hybridized carbons (Fsp3) is 0.667. The van der Waals surface area contributed by atoms with Crippen LogP contribution in [-0.4, -0.2) is 72.9 Å². The smallest absolute Gasteiger partial charge is 0.219 e. The predicted octanol–water partition coefficient (Wildman–Crippen LogP) is 0.0525. The molecule has 1 unspecified atom stereocenters. The number of hydrogen-bond acceptors (Lipinski definition) is 7. The minimum absolute atomic E-state index is 0.0910. The first-order chi connectivity index (χ1) is 11.3. The second-order valence-electron chi connectivity index (χ2n) is 6.40. The molecule has 0 spiro atoms. The van der Waals surface area contributed by atoms with E-state index in [0.717, 1.165) is 18.9 Å². The molecule has 0 bridgehead atoms. The topological polar surface area (TPSA) is 95.5 Å². The minimum atomic E-state index is -2.92. The first-order valence-corrected chi connectivity index (χ1v) is 9.98. The zero-order valence-electron chi connectivity index (χ0n) is 14.0. The van der Waals surface area contributed by atoms with E-state index < -0.39 is 9.84 Å². The molecule has 2 aliphatic rings. The van der Waals surface area contributed by atoms with Crippen LogP contribution >= 0.6 is 0 Å². The van der Waals surface area contributed by atoms with E-state index >= 15 is 0 Å². The Morgan fingerprint density at radius 3 is 2.54 bits per heavy atom. The number of rotatable bonds is 3. The molecule has 1 aromatic heterocycles. The van der Waals surface area contributed by atoms with E-state index in [2.05, 4.69) is 20.2 Å². The zero-order chi connectivity index (χ0) is 17.3. The number of nitrogens with zero attached hydrogens (tertiary/aromatic N) is 4. The van der Waals surface area contributed by atoms with Gasteiger partial charge in [-0.15, -0.1) is 0 Å². The van der Waals surface area contributed by atoms with Crippen LogP contribution < -0.4 is 10.2 Å². The molecular weight excluding hydrogens is 330 g/mol. The summed E-state index contributed by atoms with van der Waals surface area (Å²) in [5.41, 5.74) is 0. The van der Waals surface area contributed by atoms with Crippen molar-refractivity contribution in [1.82, 2.24) is 14.9 Å². The largest absolute Gasteiger partial charge is 0.366 e. The van der Waals surface area contributed by atoms with Crippen molar-refractivity contribution in [3.63, 3.8) is 0 Å². The quantitative estimate of drug-likeness (QED) is 0.820. The summed E-state index contributed by atoms with van der Waals surface area (Å²) in [6.45, 7) is 6.23. The highest BCUT2D eigenvalue weighted by Crippen LogP contribution is 2.21. The number of aryl methyl sites for hydroxylation is 1. The second-order valence-corrected chi connectivity index (χ2v) is 8.62. The molecule has 1 atom stereocenters. The first-order valence-electron chi connectivity index (χ1n) is 8.15. The van der Waals surface area contributed by atoms with Gasteiger partial charge < -0.3 is 15.1 Å².